The lowest BCUT2D eigenvalue weighted by Gasteiger charge is -2.31. The Bertz CT molecular complexity index is 400. The first-order valence-electron chi connectivity index (χ1n) is 5.79. The van der Waals surface area contributed by atoms with Crippen molar-refractivity contribution in [1.29, 1.82) is 0 Å². The second-order valence-corrected chi connectivity index (χ2v) is 4.26. The summed E-state index contributed by atoms with van der Waals surface area (Å²) in [6.45, 7) is 2.49. The topological polar surface area (TPSA) is 62.6 Å². The molecule has 1 fully saturated rings. The Morgan fingerprint density at radius 2 is 2.35 bits per heavy atom. The van der Waals surface area contributed by atoms with Crippen LogP contribution in [0.15, 0.2) is 22.8 Å². The van der Waals surface area contributed by atoms with Gasteiger partial charge in [-0.05, 0) is 25.5 Å². The van der Waals surface area contributed by atoms with E-state index in [1.807, 2.05) is 19.1 Å². The van der Waals surface area contributed by atoms with E-state index in [2.05, 4.69) is 5.32 Å². The van der Waals surface area contributed by atoms with Crippen LogP contribution in [0.1, 0.15) is 25.5 Å². The average molecular weight is 236 g/mol. The Kier molecular flexibility index (Phi) is 3.46. The number of hydrogen-bond acceptors (Lipinski definition) is 3. The van der Waals surface area contributed by atoms with Crippen molar-refractivity contribution in [3.05, 3.63) is 24.2 Å². The molecule has 1 unspecified atom stereocenters. The van der Waals surface area contributed by atoms with Crippen LogP contribution in [0.5, 0.6) is 0 Å². The number of amides is 3. The molecule has 0 spiro atoms. The highest BCUT2D eigenvalue weighted by molar-refractivity contribution is 5.96. The summed E-state index contributed by atoms with van der Waals surface area (Å²) in [6.07, 6.45) is 3.66. The predicted molar refractivity (Wildman–Crippen MR) is 61.4 cm³/mol. The molecule has 0 aliphatic carbocycles. The van der Waals surface area contributed by atoms with Gasteiger partial charge in [-0.3, -0.25) is 10.1 Å². The minimum atomic E-state index is -0.284. The predicted octanol–water partition coefficient (Wildman–Crippen LogP) is 1.54. The summed E-state index contributed by atoms with van der Waals surface area (Å²) in [6, 6.07) is 3.60. The Hall–Kier alpha value is -1.78. The van der Waals surface area contributed by atoms with Crippen molar-refractivity contribution in [3.63, 3.8) is 0 Å². The van der Waals surface area contributed by atoms with E-state index in [0.29, 0.717) is 13.0 Å². The minimum Gasteiger partial charge on any atom is -0.469 e. The Morgan fingerprint density at radius 1 is 1.53 bits per heavy atom. The van der Waals surface area contributed by atoms with Gasteiger partial charge in [0, 0.05) is 25.4 Å². The van der Waals surface area contributed by atoms with Gasteiger partial charge in [0.15, 0.2) is 0 Å². The van der Waals surface area contributed by atoms with Crippen molar-refractivity contribution in [2.75, 3.05) is 6.54 Å². The number of carbonyl (C=O) groups is 2. The van der Waals surface area contributed by atoms with Crippen molar-refractivity contribution in [3.8, 4) is 0 Å². The highest BCUT2D eigenvalue weighted by atomic mass is 16.3. The number of rotatable bonds is 4. The maximum absolute atomic E-state index is 11.6. The van der Waals surface area contributed by atoms with Crippen LogP contribution < -0.4 is 5.32 Å². The number of nitrogens with one attached hydrogen (secondary N) is 1. The standard InChI is InChI=1S/C12H16N2O3/c1-9(4-5-10-3-2-8-17-10)14-7-6-11(15)13-12(14)16/h2-3,8-9H,4-7H2,1H3,(H,13,15,16). The van der Waals surface area contributed by atoms with E-state index >= 15 is 0 Å². The molecule has 0 aromatic carbocycles. The summed E-state index contributed by atoms with van der Waals surface area (Å²) < 4.78 is 5.24. The number of furan rings is 1. The van der Waals surface area contributed by atoms with Crippen LogP contribution in [0.3, 0.4) is 0 Å². The van der Waals surface area contributed by atoms with E-state index in [-0.39, 0.29) is 18.0 Å². The molecule has 0 saturated carbocycles. The van der Waals surface area contributed by atoms with Crippen LogP contribution in [0.2, 0.25) is 0 Å². The van der Waals surface area contributed by atoms with Crippen LogP contribution in [-0.4, -0.2) is 29.4 Å². The quantitative estimate of drug-likeness (QED) is 0.862. The molecular formula is C12H16N2O3. The van der Waals surface area contributed by atoms with Gasteiger partial charge in [0.25, 0.3) is 0 Å². The van der Waals surface area contributed by atoms with E-state index in [1.54, 1.807) is 11.2 Å². The molecule has 1 aliphatic rings. The van der Waals surface area contributed by atoms with E-state index in [1.165, 1.54) is 0 Å². The molecule has 3 amide bonds. The number of aryl methyl sites for hydroxylation is 1. The molecule has 17 heavy (non-hydrogen) atoms. The highest BCUT2D eigenvalue weighted by Gasteiger charge is 2.26. The molecule has 5 nitrogen and oxygen atoms in total. The van der Waals surface area contributed by atoms with Gasteiger partial charge in [-0.25, -0.2) is 4.79 Å². The molecule has 1 aromatic heterocycles. The van der Waals surface area contributed by atoms with E-state index < -0.39 is 0 Å². The van der Waals surface area contributed by atoms with Gasteiger partial charge in [-0.15, -0.1) is 0 Å². The molecule has 0 bridgehead atoms. The zero-order valence-corrected chi connectivity index (χ0v) is 9.81. The first-order chi connectivity index (χ1) is 8.16. The van der Waals surface area contributed by atoms with Crippen LogP contribution >= 0.6 is 0 Å². The molecular weight excluding hydrogens is 220 g/mol. The smallest absolute Gasteiger partial charge is 0.324 e. The van der Waals surface area contributed by atoms with Gasteiger partial charge in [0.05, 0.1) is 6.26 Å². The largest absolute Gasteiger partial charge is 0.469 e. The zero-order valence-electron chi connectivity index (χ0n) is 9.81. The fraction of sp³-hybridized carbons (Fsp3) is 0.500. The van der Waals surface area contributed by atoms with Gasteiger partial charge >= 0.3 is 6.03 Å². The fourth-order valence-electron chi connectivity index (χ4n) is 1.96. The van der Waals surface area contributed by atoms with Crippen molar-refractivity contribution in [2.45, 2.75) is 32.2 Å². The summed E-state index contributed by atoms with van der Waals surface area (Å²) in [7, 11) is 0. The van der Waals surface area contributed by atoms with Crippen molar-refractivity contribution >= 4 is 11.9 Å². The third kappa shape index (κ3) is 2.87. The Labute approximate surface area is 99.8 Å². The maximum Gasteiger partial charge on any atom is 0.324 e. The average Bonchev–Trinajstić information content (AvgIpc) is 2.78. The first-order valence-corrected chi connectivity index (χ1v) is 5.79. The lowest BCUT2D eigenvalue weighted by molar-refractivity contribution is -0.121. The van der Waals surface area contributed by atoms with Crippen LogP contribution in [0, 0.1) is 0 Å². The van der Waals surface area contributed by atoms with Crippen molar-refractivity contribution in [2.24, 2.45) is 0 Å². The molecule has 2 rings (SSSR count). The molecule has 1 aromatic rings. The molecule has 5 heteroatoms. The third-order valence-corrected chi connectivity index (χ3v) is 3.01. The van der Waals surface area contributed by atoms with Crippen molar-refractivity contribution < 1.29 is 14.0 Å². The van der Waals surface area contributed by atoms with Gasteiger partial charge < -0.3 is 9.32 Å². The highest BCUT2D eigenvalue weighted by Crippen LogP contribution is 2.13. The van der Waals surface area contributed by atoms with Crippen LogP contribution in [-0.2, 0) is 11.2 Å². The molecule has 1 aliphatic heterocycles. The number of carbonyl (C=O) groups excluding carboxylic acids is 2. The number of imide groups is 1. The van der Waals surface area contributed by atoms with E-state index in [9.17, 15) is 9.59 Å². The monoisotopic (exact) mass is 236 g/mol. The molecule has 2 heterocycles. The molecule has 1 saturated heterocycles. The van der Waals surface area contributed by atoms with E-state index in [4.69, 9.17) is 4.42 Å². The normalized spacial score (nSPS) is 18.1. The Balaban J connectivity index is 1.85. The second-order valence-electron chi connectivity index (χ2n) is 4.26. The fourth-order valence-corrected chi connectivity index (χ4v) is 1.96. The van der Waals surface area contributed by atoms with Gasteiger partial charge in [-0.1, -0.05) is 0 Å². The summed E-state index contributed by atoms with van der Waals surface area (Å²) >= 11 is 0. The Morgan fingerprint density at radius 3 is 3.00 bits per heavy atom. The number of nitrogens with zero attached hydrogens (tertiary/aromatic N) is 1. The van der Waals surface area contributed by atoms with Crippen LogP contribution in [0.4, 0.5) is 4.79 Å². The zero-order chi connectivity index (χ0) is 12.3. The maximum atomic E-state index is 11.6. The summed E-state index contributed by atoms with van der Waals surface area (Å²) in [4.78, 5) is 24.3. The number of hydrogen-bond donors (Lipinski definition) is 1. The lowest BCUT2D eigenvalue weighted by Crippen LogP contribution is -2.52. The molecule has 92 valence electrons. The molecule has 1 atom stereocenters. The van der Waals surface area contributed by atoms with Crippen molar-refractivity contribution in [1.82, 2.24) is 10.2 Å². The summed E-state index contributed by atoms with van der Waals surface area (Å²) in [5, 5.41) is 2.33. The van der Waals surface area contributed by atoms with Gasteiger partial charge in [-0.2, -0.15) is 0 Å². The van der Waals surface area contributed by atoms with E-state index in [0.717, 1.165) is 18.6 Å². The minimum absolute atomic E-state index is 0.105. The lowest BCUT2D eigenvalue weighted by atomic mass is 10.1. The summed E-state index contributed by atoms with van der Waals surface area (Å²) in [5.74, 6) is 0.731. The van der Waals surface area contributed by atoms with Crippen LogP contribution in [0.25, 0.3) is 0 Å². The SMILES string of the molecule is CC(CCc1ccco1)N1CCC(=O)NC1=O. The molecule has 0 radical (unpaired) electrons. The molecule has 1 N–H and O–H groups in total. The van der Waals surface area contributed by atoms with Gasteiger partial charge in [0.2, 0.25) is 5.91 Å². The second kappa shape index (κ2) is 5.03. The third-order valence-electron chi connectivity index (χ3n) is 3.01. The summed E-state index contributed by atoms with van der Waals surface area (Å²) in [5.41, 5.74) is 0. The van der Waals surface area contributed by atoms with Gasteiger partial charge in [0.1, 0.15) is 5.76 Å². The first kappa shape index (κ1) is 11.7. The number of urea groups is 1.